The molecular formula is C14H15NO2. The number of hydrogen-bond donors (Lipinski definition) is 1. The topological polar surface area (TPSA) is 50.2 Å². The van der Waals surface area contributed by atoms with Crippen LogP contribution in [-0.4, -0.2) is 16.1 Å². The Morgan fingerprint density at radius 1 is 1.29 bits per heavy atom. The lowest BCUT2D eigenvalue weighted by atomic mass is 9.98. The third-order valence-electron chi connectivity index (χ3n) is 2.82. The number of rotatable bonds is 3. The minimum absolute atomic E-state index is 0.0545. The fraction of sp³-hybridized carbons (Fsp3) is 0.286. The van der Waals surface area contributed by atoms with Crippen LogP contribution >= 0.6 is 0 Å². The normalized spacial score (nSPS) is 11.0. The van der Waals surface area contributed by atoms with Gasteiger partial charge in [-0.05, 0) is 22.9 Å². The molecule has 0 radical (unpaired) electrons. The molecule has 0 aliphatic heterocycles. The molecule has 17 heavy (non-hydrogen) atoms. The summed E-state index contributed by atoms with van der Waals surface area (Å²) in [7, 11) is 0. The second-order valence-corrected chi connectivity index (χ2v) is 4.43. The van der Waals surface area contributed by atoms with Crippen molar-refractivity contribution in [2.24, 2.45) is 0 Å². The van der Waals surface area contributed by atoms with E-state index in [1.165, 1.54) is 0 Å². The van der Waals surface area contributed by atoms with E-state index in [-0.39, 0.29) is 6.42 Å². The monoisotopic (exact) mass is 229 g/mol. The Balaban J connectivity index is 2.65. The molecule has 0 saturated carbocycles. The van der Waals surface area contributed by atoms with Crippen LogP contribution in [0.15, 0.2) is 30.5 Å². The van der Waals surface area contributed by atoms with Crippen LogP contribution < -0.4 is 0 Å². The van der Waals surface area contributed by atoms with Crippen molar-refractivity contribution in [3.05, 3.63) is 41.7 Å². The number of carboxylic acids is 1. The highest BCUT2D eigenvalue weighted by Crippen LogP contribution is 2.25. The van der Waals surface area contributed by atoms with Gasteiger partial charge in [-0.3, -0.25) is 9.78 Å². The summed E-state index contributed by atoms with van der Waals surface area (Å²) in [5.41, 5.74) is 1.87. The van der Waals surface area contributed by atoms with Crippen LogP contribution in [0.3, 0.4) is 0 Å². The highest BCUT2D eigenvalue weighted by Gasteiger charge is 2.10. The summed E-state index contributed by atoms with van der Waals surface area (Å²) in [4.78, 5) is 15.2. The van der Waals surface area contributed by atoms with E-state index < -0.39 is 5.97 Å². The molecule has 3 nitrogen and oxygen atoms in total. The third kappa shape index (κ3) is 2.28. The summed E-state index contributed by atoms with van der Waals surface area (Å²) < 4.78 is 0. The van der Waals surface area contributed by atoms with Crippen molar-refractivity contribution in [2.45, 2.75) is 26.2 Å². The van der Waals surface area contributed by atoms with Gasteiger partial charge in [-0.2, -0.15) is 0 Å². The molecule has 0 saturated heterocycles. The molecule has 0 spiro atoms. The Labute approximate surface area is 100 Å². The predicted molar refractivity (Wildman–Crippen MR) is 67.2 cm³/mol. The molecule has 2 aromatic rings. The van der Waals surface area contributed by atoms with Gasteiger partial charge in [0.2, 0.25) is 0 Å². The summed E-state index contributed by atoms with van der Waals surface area (Å²) >= 11 is 0. The fourth-order valence-electron chi connectivity index (χ4n) is 2.07. The molecule has 1 aromatic carbocycles. The van der Waals surface area contributed by atoms with E-state index in [0.717, 1.165) is 22.0 Å². The average Bonchev–Trinajstić information content (AvgIpc) is 2.28. The molecule has 2 rings (SSSR count). The number of aliphatic carboxylic acids is 1. The number of benzene rings is 1. The summed E-state index contributed by atoms with van der Waals surface area (Å²) in [5.74, 6) is -0.473. The zero-order valence-corrected chi connectivity index (χ0v) is 9.97. The first kappa shape index (κ1) is 11.6. The predicted octanol–water partition coefficient (Wildman–Crippen LogP) is 2.99. The first-order chi connectivity index (χ1) is 8.09. The van der Waals surface area contributed by atoms with Crippen LogP contribution in [-0.2, 0) is 11.2 Å². The minimum atomic E-state index is -0.805. The van der Waals surface area contributed by atoms with E-state index >= 15 is 0 Å². The maximum atomic E-state index is 10.8. The average molecular weight is 229 g/mol. The largest absolute Gasteiger partial charge is 0.481 e. The molecule has 0 atom stereocenters. The lowest BCUT2D eigenvalue weighted by molar-refractivity contribution is -0.136. The summed E-state index contributed by atoms with van der Waals surface area (Å²) in [5, 5.41) is 10.9. The highest BCUT2D eigenvalue weighted by atomic mass is 16.4. The Kier molecular flexibility index (Phi) is 3.09. The molecule has 0 amide bonds. The standard InChI is InChI=1S/C14H15NO2/c1-9(2)14-12-5-3-4-10(8-13(16)17)11(12)6-7-15-14/h3-7,9H,8H2,1-2H3,(H,16,17). The first-order valence-corrected chi connectivity index (χ1v) is 5.68. The number of nitrogens with zero attached hydrogens (tertiary/aromatic N) is 1. The van der Waals surface area contributed by atoms with E-state index in [2.05, 4.69) is 18.8 Å². The number of fused-ring (bicyclic) bond motifs is 1. The van der Waals surface area contributed by atoms with Gasteiger partial charge in [-0.15, -0.1) is 0 Å². The molecule has 1 N–H and O–H groups in total. The van der Waals surface area contributed by atoms with E-state index in [0.29, 0.717) is 5.92 Å². The van der Waals surface area contributed by atoms with Crippen molar-refractivity contribution < 1.29 is 9.90 Å². The molecule has 0 unspecified atom stereocenters. The zero-order chi connectivity index (χ0) is 12.4. The number of aromatic nitrogens is 1. The van der Waals surface area contributed by atoms with Gasteiger partial charge in [0, 0.05) is 11.6 Å². The molecule has 88 valence electrons. The van der Waals surface area contributed by atoms with Crippen molar-refractivity contribution >= 4 is 16.7 Å². The van der Waals surface area contributed by atoms with Gasteiger partial charge in [-0.1, -0.05) is 32.0 Å². The van der Waals surface area contributed by atoms with Crippen molar-refractivity contribution in [2.75, 3.05) is 0 Å². The minimum Gasteiger partial charge on any atom is -0.481 e. The second kappa shape index (κ2) is 4.53. The van der Waals surface area contributed by atoms with Gasteiger partial charge in [-0.25, -0.2) is 0 Å². The molecule has 1 aromatic heterocycles. The molecule has 3 heteroatoms. The molecular weight excluding hydrogens is 214 g/mol. The van der Waals surface area contributed by atoms with Gasteiger partial charge < -0.3 is 5.11 Å². The summed E-state index contributed by atoms with van der Waals surface area (Å²) in [6, 6.07) is 7.65. The van der Waals surface area contributed by atoms with Crippen molar-refractivity contribution in [1.29, 1.82) is 0 Å². The summed E-state index contributed by atoms with van der Waals surface area (Å²) in [6.07, 6.45) is 1.81. The molecule has 0 bridgehead atoms. The Morgan fingerprint density at radius 3 is 2.71 bits per heavy atom. The molecule has 1 heterocycles. The molecule has 0 aliphatic carbocycles. The Morgan fingerprint density at radius 2 is 2.06 bits per heavy atom. The number of carbonyl (C=O) groups is 1. The van der Waals surface area contributed by atoms with E-state index in [1.54, 1.807) is 6.20 Å². The van der Waals surface area contributed by atoms with Crippen LogP contribution in [0.2, 0.25) is 0 Å². The van der Waals surface area contributed by atoms with E-state index in [9.17, 15) is 4.79 Å². The maximum Gasteiger partial charge on any atom is 0.307 e. The Hall–Kier alpha value is -1.90. The van der Waals surface area contributed by atoms with Crippen LogP contribution in [0, 0.1) is 0 Å². The van der Waals surface area contributed by atoms with Crippen LogP contribution in [0.4, 0.5) is 0 Å². The highest BCUT2D eigenvalue weighted by molar-refractivity contribution is 5.90. The van der Waals surface area contributed by atoms with Crippen molar-refractivity contribution in [3.8, 4) is 0 Å². The SMILES string of the molecule is CC(C)c1nccc2c(CC(=O)O)cccc12. The fourth-order valence-corrected chi connectivity index (χ4v) is 2.07. The Bertz CT molecular complexity index is 561. The summed E-state index contributed by atoms with van der Waals surface area (Å²) in [6.45, 7) is 4.18. The van der Waals surface area contributed by atoms with Crippen LogP contribution in [0.5, 0.6) is 0 Å². The van der Waals surface area contributed by atoms with Crippen LogP contribution in [0.1, 0.15) is 31.0 Å². The second-order valence-electron chi connectivity index (χ2n) is 4.43. The van der Waals surface area contributed by atoms with Gasteiger partial charge in [0.25, 0.3) is 0 Å². The zero-order valence-electron chi connectivity index (χ0n) is 9.97. The molecule has 0 aliphatic rings. The van der Waals surface area contributed by atoms with Gasteiger partial charge in [0.1, 0.15) is 0 Å². The lowest BCUT2D eigenvalue weighted by Crippen LogP contribution is -2.02. The van der Waals surface area contributed by atoms with Crippen molar-refractivity contribution in [3.63, 3.8) is 0 Å². The van der Waals surface area contributed by atoms with Gasteiger partial charge >= 0.3 is 5.97 Å². The van der Waals surface area contributed by atoms with Gasteiger partial charge in [0.15, 0.2) is 0 Å². The van der Waals surface area contributed by atoms with E-state index in [4.69, 9.17) is 5.11 Å². The number of hydrogen-bond acceptors (Lipinski definition) is 2. The van der Waals surface area contributed by atoms with E-state index in [1.807, 2.05) is 24.3 Å². The number of pyridine rings is 1. The maximum absolute atomic E-state index is 10.8. The quantitative estimate of drug-likeness (QED) is 0.880. The van der Waals surface area contributed by atoms with Crippen molar-refractivity contribution in [1.82, 2.24) is 4.98 Å². The molecule has 0 fully saturated rings. The number of carboxylic acid groups (broad SMARTS) is 1. The lowest BCUT2D eigenvalue weighted by Gasteiger charge is -2.10. The van der Waals surface area contributed by atoms with Crippen LogP contribution in [0.25, 0.3) is 10.8 Å². The first-order valence-electron chi connectivity index (χ1n) is 5.68. The van der Waals surface area contributed by atoms with Gasteiger partial charge in [0.05, 0.1) is 12.1 Å². The third-order valence-corrected chi connectivity index (χ3v) is 2.82. The smallest absolute Gasteiger partial charge is 0.307 e.